The summed E-state index contributed by atoms with van der Waals surface area (Å²) in [5, 5.41) is 16.1. The molecule has 2 amide bonds. The Bertz CT molecular complexity index is 835. The summed E-state index contributed by atoms with van der Waals surface area (Å²) in [6, 6.07) is 10.3. The summed E-state index contributed by atoms with van der Waals surface area (Å²) in [6.07, 6.45) is 1.36. The molecule has 2 aromatic carbocycles. The normalized spacial score (nSPS) is 10.6. The molecule has 0 aromatic heterocycles. The number of aryl methyl sites for hydroxylation is 1. The summed E-state index contributed by atoms with van der Waals surface area (Å²) < 4.78 is 5.91. The van der Waals surface area contributed by atoms with E-state index in [0.717, 1.165) is 5.56 Å². The van der Waals surface area contributed by atoms with Crippen molar-refractivity contribution in [2.75, 3.05) is 11.9 Å². The molecule has 2 aromatic rings. The van der Waals surface area contributed by atoms with Crippen LogP contribution in [0.2, 0.25) is 0 Å². The number of phenols is 1. The molecule has 136 valence electrons. The molecule has 0 aliphatic heterocycles. The largest absolute Gasteiger partial charge is 0.504 e. The van der Waals surface area contributed by atoms with Crippen molar-refractivity contribution in [3.63, 3.8) is 0 Å². The smallest absolute Gasteiger partial charge is 0.329 e. The minimum Gasteiger partial charge on any atom is -0.504 e. The lowest BCUT2D eigenvalue weighted by atomic mass is 10.2. The van der Waals surface area contributed by atoms with E-state index in [1.165, 1.54) is 6.21 Å². The first-order valence-electron chi connectivity index (χ1n) is 7.77. The number of phenolic OH excluding ortho intramolecular Hbond substituents is 1. The van der Waals surface area contributed by atoms with Gasteiger partial charge < -0.3 is 15.2 Å². The standard InChI is InChI=1S/C18H18IN3O4/c1-3-26-15-9-12(8-14(19)16(15)23)10-20-22-18(25)17(24)21-13-6-4-11(2)5-7-13/h4-10,23H,3H2,1-2H3,(H,21,24)(H,22,25)/b20-10-. The molecule has 0 saturated carbocycles. The Morgan fingerprint density at radius 3 is 2.58 bits per heavy atom. The van der Waals surface area contributed by atoms with E-state index in [1.54, 1.807) is 31.2 Å². The number of hydrazone groups is 1. The fourth-order valence-corrected chi connectivity index (χ4v) is 2.60. The average molecular weight is 467 g/mol. The number of halogens is 1. The molecule has 0 radical (unpaired) electrons. The third-order valence-corrected chi connectivity index (χ3v) is 4.07. The monoisotopic (exact) mass is 467 g/mol. The summed E-state index contributed by atoms with van der Waals surface area (Å²) >= 11 is 1.96. The Hall–Kier alpha value is -2.62. The molecule has 0 unspecified atom stereocenters. The van der Waals surface area contributed by atoms with E-state index in [9.17, 15) is 14.7 Å². The summed E-state index contributed by atoms with van der Waals surface area (Å²) in [6.45, 7) is 4.13. The minimum absolute atomic E-state index is 0.0473. The molecular formula is C18H18IN3O4. The first-order chi connectivity index (χ1) is 12.4. The zero-order valence-electron chi connectivity index (χ0n) is 14.2. The average Bonchev–Trinajstić information content (AvgIpc) is 2.61. The maximum absolute atomic E-state index is 11.8. The van der Waals surface area contributed by atoms with E-state index in [4.69, 9.17) is 4.74 Å². The fraction of sp³-hybridized carbons (Fsp3) is 0.167. The van der Waals surface area contributed by atoms with Crippen molar-refractivity contribution in [3.8, 4) is 11.5 Å². The Morgan fingerprint density at radius 2 is 1.92 bits per heavy atom. The van der Waals surface area contributed by atoms with Gasteiger partial charge in [0.15, 0.2) is 11.5 Å². The molecule has 7 nitrogen and oxygen atoms in total. The maximum atomic E-state index is 11.8. The van der Waals surface area contributed by atoms with Gasteiger partial charge in [-0.15, -0.1) is 0 Å². The van der Waals surface area contributed by atoms with Gasteiger partial charge >= 0.3 is 11.8 Å². The number of amides is 2. The van der Waals surface area contributed by atoms with Crippen molar-refractivity contribution >= 4 is 46.3 Å². The topological polar surface area (TPSA) is 100 Å². The summed E-state index contributed by atoms with van der Waals surface area (Å²) in [5.74, 6) is -1.34. The van der Waals surface area contributed by atoms with E-state index in [1.807, 2.05) is 41.6 Å². The molecule has 0 atom stereocenters. The predicted octanol–water partition coefficient (Wildman–Crippen LogP) is 2.79. The molecule has 2 rings (SSSR count). The lowest BCUT2D eigenvalue weighted by Gasteiger charge is -2.08. The van der Waals surface area contributed by atoms with E-state index in [-0.39, 0.29) is 5.75 Å². The molecule has 0 fully saturated rings. The summed E-state index contributed by atoms with van der Waals surface area (Å²) in [7, 11) is 0. The second kappa shape index (κ2) is 9.18. The van der Waals surface area contributed by atoms with E-state index in [0.29, 0.717) is 27.2 Å². The number of rotatable bonds is 5. The molecule has 0 heterocycles. The van der Waals surface area contributed by atoms with Crippen LogP contribution in [0.1, 0.15) is 18.1 Å². The van der Waals surface area contributed by atoms with Crippen molar-refractivity contribution < 1.29 is 19.4 Å². The van der Waals surface area contributed by atoms with E-state index in [2.05, 4.69) is 15.8 Å². The Morgan fingerprint density at radius 1 is 1.23 bits per heavy atom. The van der Waals surface area contributed by atoms with Crippen LogP contribution in [0.25, 0.3) is 0 Å². The lowest BCUT2D eigenvalue weighted by Crippen LogP contribution is -2.32. The molecule has 0 aliphatic rings. The second-order valence-electron chi connectivity index (χ2n) is 5.30. The number of nitrogens with one attached hydrogen (secondary N) is 2. The second-order valence-corrected chi connectivity index (χ2v) is 6.46. The first-order valence-corrected chi connectivity index (χ1v) is 8.85. The summed E-state index contributed by atoms with van der Waals surface area (Å²) in [5.41, 5.74) is 4.34. The SMILES string of the molecule is CCOc1cc(/C=N\NC(=O)C(=O)Nc2ccc(C)cc2)cc(I)c1O. The van der Waals surface area contributed by atoms with Gasteiger partial charge in [0.05, 0.1) is 16.4 Å². The molecule has 0 bridgehead atoms. The fourth-order valence-electron chi connectivity index (χ4n) is 1.97. The van der Waals surface area contributed by atoms with E-state index >= 15 is 0 Å². The Kier molecular flexibility index (Phi) is 6.96. The quantitative estimate of drug-likeness (QED) is 0.273. The van der Waals surface area contributed by atoms with Crippen LogP contribution in [-0.4, -0.2) is 29.7 Å². The van der Waals surface area contributed by atoms with Gasteiger partial charge in [-0.2, -0.15) is 5.10 Å². The molecule has 0 saturated heterocycles. The number of ether oxygens (including phenoxy) is 1. The van der Waals surface area contributed by atoms with Gasteiger partial charge in [0, 0.05) is 5.69 Å². The number of carbonyl (C=O) groups excluding carboxylic acids is 2. The highest BCUT2D eigenvalue weighted by atomic mass is 127. The number of nitrogens with zero attached hydrogens (tertiary/aromatic N) is 1. The van der Waals surface area contributed by atoms with Crippen LogP contribution in [-0.2, 0) is 9.59 Å². The summed E-state index contributed by atoms with van der Waals surface area (Å²) in [4.78, 5) is 23.6. The lowest BCUT2D eigenvalue weighted by molar-refractivity contribution is -0.136. The van der Waals surface area contributed by atoms with Gasteiger partial charge in [0.25, 0.3) is 0 Å². The Balaban J connectivity index is 1.97. The zero-order chi connectivity index (χ0) is 19.1. The number of benzene rings is 2. The highest BCUT2D eigenvalue weighted by Crippen LogP contribution is 2.32. The zero-order valence-corrected chi connectivity index (χ0v) is 16.4. The van der Waals surface area contributed by atoms with Gasteiger partial charge in [-0.05, 0) is 66.3 Å². The third-order valence-electron chi connectivity index (χ3n) is 3.25. The van der Waals surface area contributed by atoms with Crippen LogP contribution in [0, 0.1) is 10.5 Å². The number of hydrogen-bond acceptors (Lipinski definition) is 5. The predicted molar refractivity (Wildman–Crippen MR) is 108 cm³/mol. The van der Waals surface area contributed by atoms with Gasteiger partial charge in [-0.25, -0.2) is 5.43 Å². The van der Waals surface area contributed by atoms with Crippen LogP contribution in [0.4, 0.5) is 5.69 Å². The van der Waals surface area contributed by atoms with E-state index < -0.39 is 11.8 Å². The van der Waals surface area contributed by atoms with Gasteiger partial charge in [0.1, 0.15) is 0 Å². The number of hydrogen-bond donors (Lipinski definition) is 3. The van der Waals surface area contributed by atoms with Gasteiger partial charge in [0.2, 0.25) is 0 Å². The first kappa shape index (κ1) is 19.7. The number of anilines is 1. The van der Waals surface area contributed by atoms with Crippen molar-refractivity contribution in [3.05, 3.63) is 51.1 Å². The molecule has 0 spiro atoms. The molecule has 0 aliphatic carbocycles. The minimum atomic E-state index is -0.889. The van der Waals surface area contributed by atoms with Crippen molar-refractivity contribution in [1.29, 1.82) is 0 Å². The Labute approximate surface area is 164 Å². The maximum Gasteiger partial charge on any atom is 0.329 e. The number of carbonyl (C=O) groups is 2. The van der Waals surface area contributed by atoms with Crippen LogP contribution in [0.5, 0.6) is 11.5 Å². The van der Waals surface area contributed by atoms with Crippen molar-refractivity contribution in [1.82, 2.24) is 5.43 Å². The van der Waals surface area contributed by atoms with Crippen molar-refractivity contribution in [2.24, 2.45) is 5.10 Å². The molecule has 8 heteroatoms. The number of aromatic hydroxyl groups is 1. The highest BCUT2D eigenvalue weighted by molar-refractivity contribution is 14.1. The molecule has 3 N–H and O–H groups in total. The molecule has 26 heavy (non-hydrogen) atoms. The van der Waals surface area contributed by atoms with Crippen LogP contribution in [0.15, 0.2) is 41.5 Å². The molecular weight excluding hydrogens is 449 g/mol. The third kappa shape index (κ3) is 5.45. The highest BCUT2D eigenvalue weighted by Gasteiger charge is 2.13. The van der Waals surface area contributed by atoms with Crippen LogP contribution in [0.3, 0.4) is 0 Å². The van der Waals surface area contributed by atoms with Crippen LogP contribution >= 0.6 is 22.6 Å². The van der Waals surface area contributed by atoms with Crippen LogP contribution < -0.4 is 15.5 Å². The van der Waals surface area contributed by atoms with Gasteiger partial charge in [-0.3, -0.25) is 9.59 Å². The van der Waals surface area contributed by atoms with Crippen molar-refractivity contribution in [2.45, 2.75) is 13.8 Å². The van der Waals surface area contributed by atoms with Gasteiger partial charge in [-0.1, -0.05) is 17.7 Å².